The number of benzene rings is 1. The van der Waals surface area contributed by atoms with E-state index in [0.717, 1.165) is 50.0 Å². The maximum absolute atomic E-state index is 14.8. The fourth-order valence-electron chi connectivity index (χ4n) is 4.45. The van der Waals surface area contributed by atoms with Crippen molar-refractivity contribution in [1.82, 2.24) is 20.2 Å². The van der Waals surface area contributed by atoms with Crippen molar-refractivity contribution in [1.29, 1.82) is 0 Å². The Morgan fingerprint density at radius 1 is 1.26 bits per heavy atom. The molecule has 1 aromatic carbocycles. The molecule has 4 rings (SSSR count). The summed E-state index contributed by atoms with van der Waals surface area (Å²) in [5.74, 6) is 0.498. The number of imidazole rings is 1. The first-order chi connectivity index (χ1) is 16.4. The molecule has 8 heteroatoms. The minimum Gasteiger partial charge on any atom is -0.342 e. The van der Waals surface area contributed by atoms with Gasteiger partial charge in [-0.1, -0.05) is 38.0 Å². The number of amides is 1. The lowest BCUT2D eigenvalue weighted by Crippen LogP contribution is -2.52. The molecule has 0 bridgehead atoms. The van der Waals surface area contributed by atoms with E-state index in [1.165, 1.54) is 0 Å². The van der Waals surface area contributed by atoms with Crippen LogP contribution >= 0.6 is 0 Å². The largest absolute Gasteiger partial charge is 0.342 e. The number of Topliss-reactive ketones (excluding diaryl/α,β-unsaturated/α-hetero) is 1. The highest BCUT2D eigenvalue weighted by molar-refractivity contribution is 5.83. The van der Waals surface area contributed by atoms with Gasteiger partial charge in [0.1, 0.15) is 18.0 Å². The number of carbonyl (C=O) groups excluding carboxylic acids is 2. The number of aromatic amines is 2. The highest BCUT2D eigenvalue weighted by Gasteiger charge is 2.33. The van der Waals surface area contributed by atoms with Gasteiger partial charge in [-0.15, -0.1) is 0 Å². The molecule has 1 fully saturated rings. The Bertz CT molecular complexity index is 1160. The average molecular weight is 467 g/mol. The number of carbonyl (C=O) groups is 2. The van der Waals surface area contributed by atoms with Crippen molar-refractivity contribution in [2.45, 2.75) is 51.5 Å². The van der Waals surface area contributed by atoms with Crippen LogP contribution < -0.4 is 10.3 Å². The first-order valence-electron chi connectivity index (χ1n) is 12.1. The lowest BCUT2D eigenvalue weighted by Gasteiger charge is -2.35. The fourth-order valence-corrected chi connectivity index (χ4v) is 4.45. The van der Waals surface area contributed by atoms with Gasteiger partial charge in [-0.05, 0) is 32.0 Å². The number of unbranched alkanes of at least 4 members (excludes halogenated alkanes) is 2. The Hall–Kier alpha value is -3.13. The van der Waals surface area contributed by atoms with Crippen molar-refractivity contribution >= 4 is 22.6 Å². The van der Waals surface area contributed by atoms with E-state index in [4.69, 9.17) is 0 Å². The van der Waals surface area contributed by atoms with Gasteiger partial charge < -0.3 is 10.2 Å². The van der Waals surface area contributed by atoms with Crippen LogP contribution in [-0.4, -0.2) is 46.7 Å². The van der Waals surface area contributed by atoms with Crippen molar-refractivity contribution < 1.29 is 19.0 Å². The first kappa shape index (κ1) is 24.0. The van der Waals surface area contributed by atoms with Crippen molar-refractivity contribution in [3.05, 3.63) is 48.3 Å². The number of pyridine rings is 1. The minimum absolute atomic E-state index is 0.00811. The first-order valence-corrected chi connectivity index (χ1v) is 12.1. The Kier molecular flexibility index (Phi) is 7.67. The van der Waals surface area contributed by atoms with Gasteiger partial charge >= 0.3 is 0 Å². The summed E-state index contributed by atoms with van der Waals surface area (Å²) in [6.45, 7) is 3.40. The Labute approximate surface area is 199 Å². The maximum atomic E-state index is 14.8. The predicted molar refractivity (Wildman–Crippen MR) is 128 cm³/mol. The molecule has 1 aliphatic rings. The molecule has 180 valence electrons. The summed E-state index contributed by atoms with van der Waals surface area (Å²) in [7, 11) is 2.00. The van der Waals surface area contributed by atoms with E-state index >= 15 is 0 Å². The zero-order chi connectivity index (χ0) is 24.1. The molecule has 3 aromatic rings. The van der Waals surface area contributed by atoms with Crippen LogP contribution in [0.25, 0.3) is 22.2 Å². The lowest BCUT2D eigenvalue weighted by atomic mass is 9.98. The van der Waals surface area contributed by atoms with E-state index in [1.54, 1.807) is 18.3 Å². The normalized spacial score (nSPS) is 15.3. The third kappa shape index (κ3) is 5.67. The molecular weight excluding hydrogens is 433 g/mol. The highest BCUT2D eigenvalue weighted by atomic mass is 19.1. The molecular formula is C26H33FN5O2+. The molecule has 1 atom stereocenters. The number of nitrogens with one attached hydrogen (secondary N) is 3. The number of H-pyrrole nitrogens is 2. The van der Waals surface area contributed by atoms with Crippen LogP contribution in [0, 0.1) is 11.9 Å². The number of hydrogen-bond acceptors (Lipinski definition) is 4. The molecule has 2 aromatic heterocycles. The third-order valence-electron chi connectivity index (χ3n) is 6.55. The molecule has 34 heavy (non-hydrogen) atoms. The number of likely N-dealkylation sites (tertiary alicyclic amines) is 1. The van der Waals surface area contributed by atoms with E-state index < -0.39 is 5.95 Å². The van der Waals surface area contributed by atoms with E-state index in [2.05, 4.69) is 25.2 Å². The van der Waals surface area contributed by atoms with Gasteiger partial charge in [0.2, 0.25) is 11.9 Å². The SMILES string of the molecule is CCC(=O)CCCCC[C@H](NC(=O)C1CN(C)C1)c1[nH]c(-c2cc3ccccc3nc2F)c[nH+]1. The summed E-state index contributed by atoms with van der Waals surface area (Å²) in [5.41, 5.74) is 1.57. The quantitative estimate of drug-likeness (QED) is 0.332. The summed E-state index contributed by atoms with van der Waals surface area (Å²) in [6, 6.07) is 8.96. The summed E-state index contributed by atoms with van der Waals surface area (Å²) in [6.07, 6.45) is 6.28. The van der Waals surface area contributed by atoms with Crippen molar-refractivity contribution in [2.75, 3.05) is 20.1 Å². The van der Waals surface area contributed by atoms with E-state index in [-0.39, 0.29) is 23.7 Å². The number of aromatic nitrogens is 3. The average Bonchev–Trinajstić information content (AvgIpc) is 3.30. The van der Waals surface area contributed by atoms with E-state index in [9.17, 15) is 14.0 Å². The van der Waals surface area contributed by atoms with Crippen molar-refractivity contribution in [2.24, 2.45) is 5.92 Å². The van der Waals surface area contributed by atoms with E-state index in [0.29, 0.717) is 29.6 Å². The summed E-state index contributed by atoms with van der Waals surface area (Å²) >= 11 is 0. The fraction of sp³-hybridized carbons (Fsp3) is 0.462. The summed E-state index contributed by atoms with van der Waals surface area (Å²) in [5, 5.41) is 4.03. The molecule has 3 heterocycles. The van der Waals surface area contributed by atoms with Crippen LogP contribution in [0.4, 0.5) is 4.39 Å². The minimum atomic E-state index is -0.542. The zero-order valence-corrected chi connectivity index (χ0v) is 19.9. The highest BCUT2D eigenvalue weighted by Crippen LogP contribution is 2.26. The van der Waals surface area contributed by atoms with Gasteiger partial charge in [-0.25, -0.2) is 15.0 Å². The van der Waals surface area contributed by atoms with Gasteiger partial charge in [0.15, 0.2) is 5.69 Å². The molecule has 0 radical (unpaired) electrons. The third-order valence-corrected chi connectivity index (χ3v) is 6.55. The van der Waals surface area contributed by atoms with Crippen LogP contribution in [0.5, 0.6) is 0 Å². The number of hydrogen-bond donors (Lipinski definition) is 2. The Balaban J connectivity index is 1.48. The summed E-state index contributed by atoms with van der Waals surface area (Å²) < 4.78 is 14.8. The molecule has 0 spiro atoms. The molecule has 7 nitrogen and oxygen atoms in total. The Morgan fingerprint density at radius 2 is 2.06 bits per heavy atom. The van der Waals surface area contributed by atoms with Crippen LogP contribution in [-0.2, 0) is 9.59 Å². The number of rotatable bonds is 11. The van der Waals surface area contributed by atoms with Gasteiger partial charge in [0.25, 0.3) is 5.82 Å². The van der Waals surface area contributed by atoms with Crippen molar-refractivity contribution in [3.8, 4) is 11.3 Å². The van der Waals surface area contributed by atoms with Crippen LogP contribution in [0.1, 0.15) is 57.3 Å². The number of nitrogens with zero attached hydrogens (tertiary/aromatic N) is 2. The number of fused-ring (bicyclic) bond motifs is 1. The molecule has 1 aliphatic heterocycles. The molecule has 3 N–H and O–H groups in total. The number of halogens is 1. The van der Waals surface area contributed by atoms with Gasteiger partial charge in [-0.3, -0.25) is 9.59 Å². The van der Waals surface area contributed by atoms with Crippen LogP contribution in [0.2, 0.25) is 0 Å². The van der Waals surface area contributed by atoms with Crippen LogP contribution in [0.15, 0.2) is 36.5 Å². The number of ketones is 1. The molecule has 1 saturated heterocycles. The predicted octanol–water partition coefficient (Wildman–Crippen LogP) is 3.83. The lowest BCUT2D eigenvalue weighted by molar-refractivity contribution is -0.391. The standard InChI is InChI=1S/C26H32FN5O2/c1-3-19(33)10-5-4-6-12-22(31-26(34)18-15-32(2)16-18)25-28-14-23(30-25)20-13-17-9-7-8-11-21(17)29-24(20)27/h7-9,11,13-14,18,22H,3-6,10,12,15-16H2,1-2H3,(H,28,30)(H,31,34)/p+1/t22-/m0/s1. The molecule has 0 saturated carbocycles. The Morgan fingerprint density at radius 3 is 2.82 bits per heavy atom. The summed E-state index contributed by atoms with van der Waals surface area (Å²) in [4.78, 5) is 37.0. The molecule has 1 amide bonds. The maximum Gasteiger partial charge on any atom is 0.275 e. The molecule has 0 unspecified atom stereocenters. The molecule has 0 aliphatic carbocycles. The van der Waals surface area contributed by atoms with Gasteiger partial charge in [0, 0.05) is 31.3 Å². The second-order valence-electron chi connectivity index (χ2n) is 9.23. The number of para-hydroxylation sites is 1. The topological polar surface area (TPSA) is 92.2 Å². The second kappa shape index (κ2) is 10.9. The monoisotopic (exact) mass is 466 g/mol. The smallest absolute Gasteiger partial charge is 0.275 e. The van der Waals surface area contributed by atoms with Crippen molar-refractivity contribution in [3.63, 3.8) is 0 Å². The second-order valence-corrected chi connectivity index (χ2v) is 9.23. The van der Waals surface area contributed by atoms with Gasteiger partial charge in [-0.2, -0.15) is 4.39 Å². The zero-order valence-electron chi connectivity index (χ0n) is 19.9. The van der Waals surface area contributed by atoms with Crippen LogP contribution in [0.3, 0.4) is 0 Å². The van der Waals surface area contributed by atoms with E-state index in [1.807, 2.05) is 32.2 Å². The van der Waals surface area contributed by atoms with Gasteiger partial charge in [0.05, 0.1) is 17.0 Å².